The van der Waals surface area contributed by atoms with Crippen molar-refractivity contribution >= 4 is 22.3 Å². The quantitative estimate of drug-likeness (QED) is 0.911. The van der Waals surface area contributed by atoms with Crippen LogP contribution in [0.2, 0.25) is 0 Å². The summed E-state index contributed by atoms with van der Waals surface area (Å²) in [6, 6.07) is 12.1. The van der Waals surface area contributed by atoms with Gasteiger partial charge in [-0.15, -0.1) is 11.3 Å². The van der Waals surface area contributed by atoms with Crippen molar-refractivity contribution in [3.05, 3.63) is 52.4 Å². The van der Waals surface area contributed by atoms with Crippen LogP contribution in [0, 0.1) is 0 Å². The van der Waals surface area contributed by atoms with Gasteiger partial charge >= 0.3 is 5.97 Å². The van der Waals surface area contributed by atoms with Gasteiger partial charge in [-0.3, -0.25) is 0 Å². The maximum atomic E-state index is 11.0. The third kappa shape index (κ3) is 2.49. The zero-order chi connectivity index (χ0) is 13.2. The molecule has 0 spiro atoms. The number of benzene rings is 1. The van der Waals surface area contributed by atoms with Gasteiger partial charge in [-0.25, -0.2) is 4.79 Å². The number of aryl methyl sites for hydroxylation is 1. The number of anilines is 1. The monoisotopic (exact) mass is 273 g/mol. The molecule has 98 valence electrons. The highest BCUT2D eigenvalue weighted by molar-refractivity contribution is 7.17. The number of thiophene rings is 1. The van der Waals surface area contributed by atoms with Crippen molar-refractivity contribution < 1.29 is 9.90 Å². The molecular weight excluding hydrogens is 258 g/mol. The minimum Gasteiger partial charge on any atom is -0.477 e. The molecule has 1 aromatic carbocycles. The summed E-state index contributed by atoms with van der Waals surface area (Å²) in [6.45, 7) is 1.85. The maximum absolute atomic E-state index is 11.0. The molecule has 2 heterocycles. The highest BCUT2D eigenvalue weighted by Crippen LogP contribution is 2.30. The Hall–Kier alpha value is -1.81. The van der Waals surface area contributed by atoms with Gasteiger partial charge in [-0.1, -0.05) is 24.3 Å². The van der Waals surface area contributed by atoms with Gasteiger partial charge < -0.3 is 10.0 Å². The molecule has 19 heavy (non-hydrogen) atoms. The largest absolute Gasteiger partial charge is 0.477 e. The van der Waals surface area contributed by atoms with E-state index in [2.05, 4.69) is 29.2 Å². The number of aromatic carboxylic acids is 1. The van der Waals surface area contributed by atoms with Crippen LogP contribution < -0.4 is 4.90 Å². The van der Waals surface area contributed by atoms with E-state index in [1.54, 1.807) is 6.07 Å². The number of hydrogen-bond acceptors (Lipinski definition) is 3. The van der Waals surface area contributed by atoms with Crippen molar-refractivity contribution in [3.8, 4) is 0 Å². The van der Waals surface area contributed by atoms with Crippen molar-refractivity contribution in [1.82, 2.24) is 0 Å². The lowest BCUT2D eigenvalue weighted by molar-refractivity contribution is 0.0702. The summed E-state index contributed by atoms with van der Waals surface area (Å²) in [5, 5.41) is 10.1. The molecule has 0 bridgehead atoms. The van der Waals surface area contributed by atoms with Gasteiger partial charge in [0.05, 0.1) is 5.00 Å². The average Bonchev–Trinajstić information content (AvgIpc) is 2.80. The van der Waals surface area contributed by atoms with E-state index in [0.29, 0.717) is 4.88 Å². The molecule has 1 N–H and O–H groups in total. The second kappa shape index (κ2) is 5.05. The van der Waals surface area contributed by atoms with Crippen LogP contribution >= 0.6 is 11.3 Å². The van der Waals surface area contributed by atoms with E-state index in [0.717, 1.165) is 30.9 Å². The standard InChI is InChI=1S/C15H15NO2S/c17-15(18)13-7-8-14(19-13)16-9-3-6-11-4-1-2-5-12(11)10-16/h1-2,4-5,7-8H,3,6,9-10H2,(H,17,18). The van der Waals surface area contributed by atoms with Gasteiger partial charge in [0.15, 0.2) is 0 Å². The fourth-order valence-corrected chi connectivity index (χ4v) is 3.37. The summed E-state index contributed by atoms with van der Waals surface area (Å²) in [6.07, 6.45) is 2.21. The van der Waals surface area contributed by atoms with Crippen molar-refractivity contribution in [2.24, 2.45) is 0 Å². The van der Waals surface area contributed by atoms with Crippen LogP contribution in [0.5, 0.6) is 0 Å². The molecule has 0 fully saturated rings. The number of carbonyl (C=O) groups is 1. The smallest absolute Gasteiger partial charge is 0.345 e. The Bertz CT molecular complexity index is 606. The fraction of sp³-hybridized carbons (Fsp3) is 0.267. The Morgan fingerprint density at radius 1 is 1.16 bits per heavy atom. The number of nitrogens with zero attached hydrogens (tertiary/aromatic N) is 1. The number of carboxylic acids is 1. The minimum atomic E-state index is -0.841. The summed E-state index contributed by atoms with van der Waals surface area (Å²) >= 11 is 1.36. The predicted molar refractivity (Wildman–Crippen MR) is 77.1 cm³/mol. The molecular formula is C15H15NO2S. The number of rotatable bonds is 2. The molecule has 0 atom stereocenters. The Morgan fingerprint density at radius 3 is 2.68 bits per heavy atom. The SMILES string of the molecule is O=C(O)c1ccc(N2CCCc3ccccc3C2)s1. The van der Waals surface area contributed by atoms with Crippen LogP contribution in [0.3, 0.4) is 0 Å². The first-order chi connectivity index (χ1) is 9.24. The molecule has 1 aliphatic rings. The van der Waals surface area contributed by atoms with Gasteiger partial charge in [-0.2, -0.15) is 0 Å². The number of fused-ring (bicyclic) bond motifs is 1. The van der Waals surface area contributed by atoms with Gasteiger partial charge in [-0.05, 0) is 36.1 Å². The van der Waals surface area contributed by atoms with Crippen LogP contribution in [-0.4, -0.2) is 17.6 Å². The Kier molecular flexibility index (Phi) is 3.25. The van der Waals surface area contributed by atoms with E-state index in [9.17, 15) is 4.79 Å². The van der Waals surface area contributed by atoms with E-state index < -0.39 is 5.97 Å². The maximum Gasteiger partial charge on any atom is 0.345 e. The molecule has 3 rings (SSSR count). The van der Waals surface area contributed by atoms with Gasteiger partial charge in [0.1, 0.15) is 4.88 Å². The molecule has 0 unspecified atom stereocenters. The molecule has 3 nitrogen and oxygen atoms in total. The second-order valence-corrected chi connectivity index (χ2v) is 5.80. The normalized spacial score (nSPS) is 14.8. The van der Waals surface area contributed by atoms with Crippen molar-refractivity contribution in [2.75, 3.05) is 11.4 Å². The summed E-state index contributed by atoms with van der Waals surface area (Å²) in [4.78, 5) is 13.6. The molecule has 2 aromatic rings. The molecule has 0 saturated carbocycles. The third-order valence-corrected chi connectivity index (χ3v) is 4.60. The first kappa shape index (κ1) is 12.2. The number of hydrogen-bond donors (Lipinski definition) is 1. The van der Waals surface area contributed by atoms with Crippen LogP contribution in [0.15, 0.2) is 36.4 Å². The first-order valence-corrected chi connectivity index (χ1v) is 7.20. The van der Waals surface area contributed by atoms with Crippen LogP contribution in [0.25, 0.3) is 0 Å². The van der Waals surface area contributed by atoms with E-state index in [1.165, 1.54) is 22.5 Å². The molecule has 0 amide bonds. The molecule has 0 radical (unpaired) electrons. The fourth-order valence-electron chi connectivity index (χ4n) is 2.50. The predicted octanol–water partition coefficient (Wildman–Crippen LogP) is 3.40. The van der Waals surface area contributed by atoms with Crippen LogP contribution in [-0.2, 0) is 13.0 Å². The molecule has 1 aliphatic heterocycles. The molecule has 0 saturated heterocycles. The van der Waals surface area contributed by atoms with Crippen molar-refractivity contribution in [1.29, 1.82) is 0 Å². The molecule has 4 heteroatoms. The average molecular weight is 273 g/mol. The summed E-state index contributed by atoms with van der Waals surface area (Å²) in [7, 11) is 0. The molecule has 1 aromatic heterocycles. The van der Waals surface area contributed by atoms with Gasteiger partial charge in [0.2, 0.25) is 0 Å². The van der Waals surface area contributed by atoms with Gasteiger partial charge in [0.25, 0.3) is 0 Å². The van der Waals surface area contributed by atoms with E-state index >= 15 is 0 Å². The van der Waals surface area contributed by atoms with E-state index in [-0.39, 0.29) is 0 Å². The Morgan fingerprint density at radius 2 is 1.95 bits per heavy atom. The highest BCUT2D eigenvalue weighted by atomic mass is 32.1. The lowest BCUT2D eigenvalue weighted by Gasteiger charge is -2.20. The lowest BCUT2D eigenvalue weighted by Crippen LogP contribution is -2.21. The van der Waals surface area contributed by atoms with Crippen LogP contribution in [0.4, 0.5) is 5.00 Å². The third-order valence-electron chi connectivity index (χ3n) is 3.47. The zero-order valence-corrected chi connectivity index (χ0v) is 11.3. The first-order valence-electron chi connectivity index (χ1n) is 6.39. The Labute approximate surface area is 116 Å². The highest BCUT2D eigenvalue weighted by Gasteiger charge is 2.17. The second-order valence-electron chi connectivity index (χ2n) is 4.74. The lowest BCUT2D eigenvalue weighted by atomic mass is 10.0. The van der Waals surface area contributed by atoms with Gasteiger partial charge in [0, 0.05) is 13.1 Å². The summed E-state index contributed by atoms with van der Waals surface area (Å²) in [5.74, 6) is -0.841. The minimum absolute atomic E-state index is 0.410. The molecule has 0 aliphatic carbocycles. The zero-order valence-electron chi connectivity index (χ0n) is 10.5. The van der Waals surface area contributed by atoms with E-state index in [1.807, 2.05) is 6.07 Å². The summed E-state index contributed by atoms with van der Waals surface area (Å²) in [5.41, 5.74) is 2.77. The topological polar surface area (TPSA) is 40.5 Å². The Balaban J connectivity index is 1.87. The van der Waals surface area contributed by atoms with E-state index in [4.69, 9.17) is 5.11 Å². The number of carboxylic acid groups (broad SMARTS) is 1. The van der Waals surface area contributed by atoms with Crippen molar-refractivity contribution in [3.63, 3.8) is 0 Å². The summed E-state index contributed by atoms with van der Waals surface area (Å²) < 4.78 is 0. The van der Waals surface area contributed by atoms with Crippen molar-refractivity contribution in [2.45, 2.75) is 19.4 Å². The van der Waals surface area contributed by atoms with Crippen LogP contribution in [0.1, 0.15) is 27.2 Å².